The Hall–Kier alpha value is -3.67. The summed E-state index contributed by atoms with van der Waals surface area (Å²) in [6, 6.07) is 23.7. The Morgan fingerprint density at radius 1 is 0.763 bits per heavy atom. The van der Waals surface area contributed by atoms with Gasteiger partial charge in [-0.05, 0) is 60.4 Å². The van der Waals surface area contributed by atoms with Gasteiger partial charge < -0.3 is 4.57 Å². The van der Waals surface area contributed by atoms with Gasteiger partial charge in [0.2, 0.25) is 0 Å². The molecule has 0 spiro atoms. The smallest absolute Gasteiger partial charge is 0.254 e. The molecule has 2 atom stereocenters. The molecule has 4 aromatic rings. The molecule has 0 saturated carbocycles. The zero-order valence-electron chi connectivity index (χ0n) is 20.7. The molecule has 0 N–H and O–H groups in total. The van der Waals surface area contributed by atoms with Crippen molar-refractivity contribution in [3.63, 3.8) is 0 Å². The van der Waals surface area contributed by atoms with Gasteiger partial charge in [0.25, 0.3) is 11.8 Å². The minimum absolute atomic E-state index is 0.149. The molecule has 5 nitrogen and oxygen atoms in total. The summed E-state index contributed by atoms with van der Waals surface area (Å²) in [5, 5.41) is 6.75. The summed E-state index contributed by atoms with van der Waals surface area (Å²) in [5.41, 5.74) is 7.95. The van der Waals surface area contributed by atoms with Crippen LogP contribution in [0.15, 0.2) is 77.9 Å². The molecule has 2 amide bonds. The van der Waals surface area contributed by atoms with Gasteiger partial charge in [-0.25, -0.2) is 0 Å². The number of rotatable bonds is 3. The maximum Gasteiger partial charge on any atom is 0.254 e. The van der Waals surface area contributed by atoms with Crippen LogP contribution in [-0.2, 0) is 9.59 Å². The van der Waals surface area contributed by atoms with E-state index < -0.39 is 11.8 Å². The van der Waals surface area contributed by atoms with E-state index in [2.05, 4.69) is 29.4 Å². The topological polar surface area (TPSA) is 54.7 Å². The van der Waals surface area contributed by atoms with E-state index in [1.54, 1.807) is 18.3 Å². The zero-order valence-corrected chi connectivity index (χ0v) is 22.2. The summed E-state index contributed by atoms with van der Waals surface area (Å²) in [5.74, 6) is -1.67. The monoisotopic (exact) mass is 539 g/mol. The van der Waals surface area contributed by atoms with E-state index in [9.17, 15) is 9.59 Å². The molecule has 7 heteroatoms. The number of aryl methyl sites for hydroxylation is 1. The second-order valence-corrected chi connectivity index (χ2v) is 11.1. The van der Waals surface area contributed by atoms with Crippen LogP contribution in [0.3, 0.4) is 0 Å². The third-order valence-corrected chi connectivity index (χ3v) is 8.91. The van der Waals surface area contributed by atoms with Crippen LogP contribution in [0.4, 0.5) is 0 Å². The molecule has 0 radical (unpaired) electrons. The summed E-state index contributed by atoms with van der Waals surface area (Å²) in [6.07, 6.45) is 1.60. The molecule has 3 aromatic carbocycles. The average molecular weight is 540 g/mol. The summed E-state index contributed by atoms with van der Waals surface area (Å²) in [4.78, 5) is 27.6. The van der Waals surface area contributed by atoms with Crippen LogP contribution in [0.25, 0.3) is 5.69 Å². The van der Waals surface area contributed by atoms with E-state index in [4.69, 9.17) is 23.2 Å². The van der Waals surface area contributed by atoms with Crippen molar-refractivity contribution in [2.45, 2.75) is 25.7 Å². The van der Waals surface area contributed by atoms with Crippen molar-refractivity contribution in [3.8, 4) is 5.69 Å². The number of carbonyl (C=O) groups excluding carboxylic acids is 2. The Bertz CT molecular complexity index is 1590. The molecule has 38 heavy (non-hydrogen) atoms. The van der Waals surface area contributed by atoms with Crippen molar-refractivity contribution in [2.24, 2.45) is 16.9 Å². The molecule has 2 heterocycles. The Labute approximate surface area is 230 Å². The number of imide groups is 1. The van der Waals surface area contributed by atoms with Crippen molar-refractivity contribution in [3.05, 3.63) is 122 Å². The number of hydrogen-bond acceptors (Lipinski definition) is 3. The molecule has 3 aliphatic carbocycles. The number of hydrazone groups is 1. The lowest BCUT2D eigenvalue weighted by Gasteiger charge is -2.45. The minimum Gasteiger partial charge on any atom is -0.316 e. The SMILES string of the molecule is Cc1cc(/C=N\N2C(=O)[C@@H]3C4c5ccccc5C(c5ccccc54)[C@H]3C2=O)c(C)n1-c1cc(Cl)ccc1Cl. The third kappa shape index (κ3) is 3.15. The summed E-state index contributed by atoms with van der Waals surface area (Å²) >= 11 is 12.7. The molecule has 188 valence electrons. The maximum absolute atomic E-state index is 13.8. The van der Waals surface area contributed by atoms with Gasteiger partial charge in [0.1, 0.15) is 0 Å². The normalized spacial score (nSPS) is 23.2. The highest BCUT2D eigenvalue weighted by atomic mass is 35.5. The lowest BCUT2D eigenvalue weighted by Crippen LogP contribution is -2.41. The van der Waals surface area contributed by atoms with Crippen LogP contribution in [0.2, 0.25) is 10.0 Å². The number of hydrogen-bond donors (Lipinski definition) is 0. The van der Waals surface area contributed by atoms with E-state index in [1.807, 2.05) is 54.8 Å². The number of aromatic nitrogens is 1. The van der Waals surface area contributed by atoms with Crippen molar-refractivity contribution < 1.29 is 9.59 Å². The Balaban J connectivity index is 1.27. The van der Waals surface area contributed by atoms with E-state index >= 15 is 0 Å². The number of halogens is 2. The first kappa shape index (κ1) is 23.4. The highest BCUT2D eigenvalue weighted by Gasteiger charge is 2.61. The van der Waals surface area contributed by atoms with Gasteiger partial charge >= 0.3 is 0 Å². The number of amides is 2. The van der Waals surface area contributed by atoms with Crippen molar-refractivity contribution in [1.82, 2.24) is 9.58 Å². The predicted octanol–water partition coefficient (Wildman–Crippen LogP) is 6.63. The van der Waals surface area contributed by atoms with Crippen LogP contribution in [0.1, 0.15) is 51.0 Å². The molecular formula is C31H23Cl2N3O2. The van der Waals surface area contributed by atoms with E-state index in [0.717, 1.165) is 49.9 Å². The Kier molecular flexibility index (Phi) is 5.19. The highest BCUT2D eigenvalue weighted by molar-refractivity contribution is 6.34. The minimum atomic E-state index is -0.452. The highest BCUT2D eigenvalue weighted by Crippen LogP contribution is 2.60. The van der Waals surface area contributed by atoms with Gasteiger partial charge in [-0.3, -0.25) is 9.59 Å². The molecule has 4 aliphatic rings. The first-order valence-corrected chi connectivity index (χ1v) is 13.4. The van der Waals surface area contributed by atoms with Crippen LogP contribution in [-0.4, -0.2) is 27.6 Å². The van der Waals surface area contributed by atoms with Crippen molar-refractivity contribution in [1.29, 1.82) is 0 Å². The fourth-order valence-electron chi connectivity index (χ4n) is 6.84. The first-order chi connectivity index (χ1) is 18.4. The molecule has 1 saturated heterocycles. The van der Waals surface area contributed by atoms with Gasteiger partial charge in [0.15, 0.2) is 0 Å². The second kappa shape index (κ2) is 8.42. The van der Waals surface area contributed by atoms with Gasteiger partial charge in [0, 0.05) is 33.8 Å². The van der Waals surface area contributed by atoms with Crippen LogP contribution in [0, 0.1) is 25.7 Å². The Morgan fingerprint density at radius 3 is 1.82 bits per heavy atom. The molecule has 0 unspecified atom stereocenters. The molecule has 8 rings (SSSR count). The number of carbonyl (C=O) groups is 2. The van der Waals surface area contributed by atoms with Gasteiger partial charge in [-0.15, -0.1) is 0 Å². The fraction of sp³-hybridized carbons (Fsp3) is 0.194. The van der Waals surface area contributed by atoms with Crippen LogP contribution < -0.4 is 0 Å². The molecule has 1 fully saturated rings. The van der Waals surface area contributed by atoms with E-state index in [-0.39, 0.29) is 23.7 Å². The third-order valence-electron chi connectivity index (χ3n) is 8.36. The molecule has 1 aliphatic heterocycles. The predicted molar refractivity (Wildman–Crippen MR) is 148 cm³/mol. The van der Waals surface area contributed by atoms with Crippen LogP contribution in [0.5, 0.6) is 0 Å². The largest absolute Gasteiger partial charge is 0.316 e. The molecular weight excluding hydrogens is 517 g/mol. The first-order valence-electron chi connectivity index (χ1n) is 12.6. The molecule has 1 aromatic heterocycles. The van der Waals surface area contributed by atoms with Gasteiger partial charge in [-0.1, -0.05) is 71.7 Å². The standard InChI is InChI=1S/C31H23Cl2N3O2/c1-16-13-18(17(2)35(16)25-14-19(32)11-12-24(25)33)15-34-36-30(37)28-26-20-7-3-4-8-21(20)27(29(28)31(36)38)23-10-6-5-9-22(23)26/h3-15,26-29H,1-2H3/b34-15-/t26?,27?,28-,29-/m1/s1. The average Bonchev–Trinajstić information content (AvgIpc) is 3.35. The zero-order chi connectivity index (χ0) is 26.3. The summed E-state index contributed by atoms with van der Waals surface area (Å²) in [6.45, 7) is 3.92. The second-order valence-electron chi connectivity index (χ2n) is 10.3. The van der Waals surface area contributed by atoms with Gasteiger partial charge in [0.05, 0.1) is 28.8 Å². The Morgan fingerprint density at radius 2 is 1.29 bits per heavy atom. The van der Waals surface area contributed by atoms with Crippen molar-refractivity contribution >= 4 is 41.2 Å². The summed E-state index contributed by atoms with van der Waals surface area (Å²) in [7, 11) is 0. The van der Waals surface area contributed by atoms with Crippen LogP contribution >= 0.6 is 23.2 Å². The lowest BCUT2D eigenvalue weighted by molar-refractivity contribution is -0.139. The van der Waals surface area contributed by atoms with Crippen molar-refractivity contribution in [2.75, 3.05) is 0 Å². The maximum atomic E-state index is 13.8. The number of benzene rings is 3. The fourth-order valence-corrected chi connectivity index (χ4v) is 7.21. The van der Waals surface area contributed by atoms with E-state index in [0.29, 0.717) is 10.0 Å². The van der Waals surface area contributed by atoms with E-state index in [1.165, 1.54) is 0 Å². The molecule has 2 bridgehead atoms. The number of nitrogens with zero attached hydrogens (tertiary/aromatic N) is 3. The summed E-state index contributed by atoms with van der Waals surface area (Å²) < 4.78 is 2.00. The lowest BCUT2D eigenvalue weighted by atomic mass is 9.55. The van der Waals surface area contributed by atoms with Gasteiger partial charge in [-0.2, -0.15) is 10.1 Å². The quantitative estimate of drug-likeness (QED) is 0.217.